The zero-order valence-electron chi connectivity index (χ0n) is 12.7. The summed E-state index contributed by atoms with van der Waals surface area (Å²) in [5.74, 6) is 0. The van der Waals surface area contributed by atoms with E-state index in [9.17, 15) is 0 Å². The van der Waals surface area contributed by atoms with Crippen LogP contribution in [0.4, 0.5) is 5.69 Å². The Morgan fingerprint density at radius 3 is 2.33 bits per heavy atom. The Hall–Kier alpha value is -1.51. The third-order valence-corrected chi connectivity index (χ3v) is 4.14. The van der Waals surface area contributed by atoms with E-state index in [1.165, 1.54) is 11.3 Å². The molecule has 3 heteroatoms. The van der Waals surface area contributed by atoms with Crippen LogP contribution in [0.15, 0.2) is 48.5 Å². The molecule has 1 unspecified atom stereocenters. The van der Waals surface area contributed by atoms with Gasteiger partial charge in [0.1, 0.15) is 0 Å². The Kier molecular flexibility index (Phi) is 5.66. The normalized spacial score (nSPS) is 12.2. The van der Waals surface area contributed by atoms with Crippen LogP contribution in [0.25, 0.3) is 0 Å². The van der Waals surface area contributed by atoms with Gasteiger partial charge in [0.25, 0.3) is 0 Å². The summed E-state index contributed by atoms with van der Waals surface area (Å²) in [4.78, 5) is 2.24. The smallest absolute Gasteiger partial charge is 0.0455 e. The number of halogens is 1. The molecule has 0 saturated carbocycles. The highest BCUT2D eigenvalue weighted by atomic mass is 35.5. The molecule has 0 aliphatic heterocycles. The van der Waals surface area contributed by atoms with Gasteiger partial charge in [0.2, 0.25) is 0 Å². The average molecular weight is 303 g/mol. The molecule has 0 radical (unpaired) electrons. The second-order valence-electron chi connectivity index (χ2n) is 5.45. The molecule has 2 aromatic rings. The minimum absolute atomic E-state index is 0.208. The van der Waals surface area contributed by atoms with Gasteiger partial charge in [0.15, 0.2) is 0 Å². The van der Waals surface area contributed by atoms with E-state index in [1.54, 1.807) is 0 Å². The molecule has 0 aliphatic rings. The van der Waals surface area contributed by atoms with Crippen molar-refractivity contribution >= 4 is 17.3 Å². The van der Waals surface area contributed by atoms with Gasteiger partial charge in [-0.3, -0.25) is 0 Å². The topological polar surface area (TPSA) is 29.3 Å². The molecule has 2 aromatic carbocycles. The predicted molar refractivity (Wildman–Crippen MR) is 92.0 cm³/mol. The van der Waals surface area contributed by atoms with Crippen LogP contribution in [0, 0.1) is 0 Å². The number of para-hydroxylation sites is 1. The second-order valence-corrected chi connectivity index (χ2v) is 5.86. The fourth-order valence-corrected chi connectivity index (χ4v) is 2.65. The quantitative estimate of drug-likeness (QED) is 0.864. The van der Waals surface area contributed by atoms with E-state index in [4.69, 9.17) is 17.3 Å². The summed E-state index contributed by atoms with van der Waals surface area (Å²) in [6.45, 7) is 2.92. The Balaban J connectivity index is 2.19. The van der Waals surface area contributed by atoms with E-state index in [-0.39, 0.29) is 6.04 Å². The number of nitrogens with zero attached hydrogens (tertiary/aromatic N) is 1. The lowest BCUT2D eigenvalue weighted by Gasteiger charge is -2.24. The maximum Gasteiger partial charge on any atom is 0.0455 e. The zero-order chi connectivity index (χ0) is 15.2. The molecule has 0 amide bonds. The van der Waals surface area contributed by atoms with Crippen LogP contribution in [0.5, 0.6) is 0 Å². The Bertz CT molecular complexity index is 583. The van der Waals surface area contributed by atoms with Crippen LogP contribution in [-0.2, 0) is 13.0 Å². The molecular formula is C18H23ClN2. The summed E-state index contributed by atoms with van der Waals surface area (Å²) in [5.41, 5.74) is 9.76. The number of hydrogen-bond donors (Lipinski definition) is 1. The first-order valence-electron chi connectivity index (χ1n) is 7.39. The van der Waals surface area contributed by atoms with Crippen molar-refractivity contribution in [2.24, 2.45) is 5.73 Å². The van der Waals surface area contributed by atoms with Crippen LogP contribution < -0.4 is 10.6 Å². The third-order valence-electron chi connectivity index (χ3n) is 3.77. The molecule has 2 rings (SSSR count). The first-order valence-corrected chi connectivity index (χ1v) is 7.77. The van der Waals surface area contributed by atoms with Gasteiger partial charge in [0, 0.05) is 30.3 Å². The van der Waals surface area contributed by atoms with Crippen molar-refractivity contribution < 1.29 is 0 Å². The van der Waals surface area contributed by atoms with Crippen molar-refractivity contribution in [1.29, 1.82) is 0 Å². The summed E-state index contributed by atoms with van der Waals surface area (Å²) < 4.78 is 0. The average Bonchev–Trinajstić information content (AvgIpc) is 2.50. The van der Waals surface area contributed by atoms with E-state index in [1.807, 2.05) is 18.2 Å². The minimum Gasteiger partial charge on any atom is -0.370 e. The maximum absolute atomic E-state index is 6.26. The number of benzene rings is 2. The Labute approximate surface area is 132 Å². The molecule has 0 bridgehead atoms. The summed E-state index contributed by atoms with van der Waals surface area (Å²) in [6.07, 6.45) is 1.89. The molecule has 0 fully saturated rings. The zero-order valence-corrected chi connectivity index (χ0v) is 13.5. The van der Waals surface area contributed by atoms with Crippen LogP contribution in [0.2, 0.25) is 5.02 Å². The van der Waals surface area contributed by atoms with Crippen LogP contribution in [0.3, 0.4) is 0 Å². The Morgan fingerprint density at radius 1 is 1.05 bits per heavy atom. The molecule has 112 valence electrons. The van der Waals surface area contributed by atoms with Crippen LogP contribution >= 0.6 is 11.6 Å². The van der Waals surface area contributed by atoms with Crippen LogP contribution in [-0.4, -0.2) is 13.1 Å². The summed E-state index contributed by atoms with van der Waals surface area (Å²) in [6, 6.07) is 16.6. The largest absolute Gasteiger partial charge is 0.370 e. The van der Waals surface area contributed by atoms with Crippen molar-refractivity contribution in [3.8, 4) is 0 Å². The number of hydrogen-bond acceptors (Lipinski definition) is 2. The lowest BCUT2D eigenvalue weighted by molar-refractivity contribution is 0.645. The van der Waals surface area contributed by atoms with Gasteiger partial charge in [-0.05, 0) is 36.1 Å². The van der Waals surface area contributed by atoms with Crippen molar-refractivity contribution in [2.75, 3.05) is 11.9 Å². The van der Waals surface area contributed by atoms with Gasteiger partial charge in [-0.25, -0.2) is 0 Å². The number of anilines is 1. The van der Waals surface area contributed by atoms with E-state index >= 15 is 0 Å². The van der Waals surface area contributed by atoms with Crippen molar-refractivity contribution in [2.45, 2.75) is 32.4 Å². The van der Waals surface area contributed by atoms with E-state index in [2.05, 4.69) is 49.2 Å². The molecule has 2 nitrogen and oxygen atoms in total. The summed E-state index contributed by atoms with van der Waals surface area (Å²) in [7, 11) is 2.10. The highest BCUT2D eigenvalue weighted by Crippen LogP contribution is 2.24. The molecule has 0 spiro atoms. The first kappa shape index (κ1) is 15.9. The molecule has 0 aromatic heterocycles. The second kappa shape index (κ2) is 7.48. The lowest BCUT2D eigenvalue weighted by Crippen LogP contribution is -2.24. The summed E-state index contributed by atoms with van der Waals surface area (Å²) >= 11 is 6.26. The van der Waals surface area contributed by atoms with Gasteiger partial charge in [0.05, 0.1) is 0 Å². The fourth-order valence-electron chi connectivity index (χ4n) is 2.45. The number of nitrogens with two attached hydrogens (primary N) is 1. The molecule has 21 heavy (non-hydrogen) atoms. The molecule has 0 aliphatic carbocycles. The highest BCUT2D eigenvalue weighted by molar-refractivity contribution is 6.31. The fraction of sp³-hybridized carbons (Fsp3) is 0.333. The van der Waals surface area contributed by atoms with Crippen molar-refractivity contribution in [1.82, 2.24) is 0 Å². The number of rotatable bonds is 6. The van der Waals surface area contributed by atoms with Crippen LogP contribution in [0.1, 0.15) is 24.5 Å². The SMILES string of the molecule is CCC(N)Cc1ccccc1N(C)Cc1ccccc1Cl. The Morgan fingerprint density at radius 2 is 1.67 bits per heavy atom. The minimum atomic E-state index is 0.208. The van der Waals surface area contributed by atoms with Crippen molar-refractivity contribution in [3.05, 3.63) is 64.7 Å². The molecule has 0 heterocycles. The third kappa shape index (κ3) is 4.23. The monoisotopic (exact) mass is 302 g/mol. The maximum atomic E-state index is 6.26. The lowest BCUT2D eigenvalue weighted by atomic mass is 10.0. The van der Waals surface area contributed by atoms with E-state index in [0.29, 0.717) is 0 Å². The molecule has 0 saturated heterocycles. The molecular weight excluding hydrogens is 280 g/mol. The molecule has 2 N–H and O–H groups in total. The highest BCUT2D eigenvalue weighted by Gasteiger charge is 2.11. The van der Waals surface area contributed by atoms with Gasteiger partial charge in [-0.1, -0.05) is 54.9 Å². The predicted octanol–water partition coefficient (Wildman–Crippen LogP) is 4.26. The van der Waals surface area contributed by atoms with Gasteiger partial charge < -0.3 is 10.6 Å². The summed E-state index contributed by atoms with van der Waals surface area (Å²) in [5, 5.41) is 0.812. The van der Waals surface area contributed by atoms with E-state index in [0.717, 1.165) is 30.0 Å². The van der Waals surface area contributed by atoms with Gasteiger partial charge in [-0.15, -0.1) is 0 Å². The van der Waals surface area contributed by atoms with Gasteiger partial charge in [-0.2, -0.15) is 0 Å². The van der Waals surface area contributed by atoms with E-state index < -0.39 is 0 Å². The van der Waals surface area contributed by atoms with Crippen molar-refractivity contribution in [3.63, 3.8) is 0 Å². The first-order chi connectivity index (χ1) is 10.1. The van der Waals surface area contributed by atoms with Gasteiger partial charge >= 0.3 is 0 Å². The molecule has 1 atom stereocenters. The standard InChI is InChI=1S/C18H23ClN2/c1-3-16(20)12-14-8-5-7-11-18(14)21(2)13-15-9-4-6-10-17(15)19/h4-11,16H,3,12-13,20H2,1-2H3.